The van der Waals surface area contributed by atoms with Crippen molar-refractivity contribution in [1.29, 1.82) is 0 Å². The van der Waals surface area contributed by atoms with Crippen LogP contribution < -0.4 is 5.59 Å². The molecule has 0 spiro atoms. The second-order valence-corrected chi connectivity index (χ2v) is 6.01. The fourth-order valence-corrected chi connectivity index (χ4v) is 2.17. The molecule has 1 aliphatic heterocycles. The number of hydrogen-bond acceptors (Lipinski definition) is 4. The van der Waals surface area contributed by atoms with E-state index >= 15 is 0 Å². The molecule has 0 atom stereocenters. The van der Waals surface area contributed by atoms with E-state index in [0.717, 1.165) is 11.3 Å². The van der Waals surface area contributed by atoms with Crippen molar-refractivity contribution in [1.82, 2.24) is 15.4 Å². The number of nitrogens with one attached hydrogen (secondary N) is 1. The summed E-state index contributed by atoms with van der Waals surface area (Å²) < 4.78 is 12.1. The van der Waals surface area contributed by atoms with Gasteiger partial charge in [0, 0.05) is 5.56 Å². The Hall–Kier alpha value is -1.66. The molecular formula is C16H24BN3O2. The topological polar surface area (TPSA) is 60.0 Å². The summed E-state index contributed by atoms with van der Waals surface area (Å²) >= 11 is 0. The molecule has 1 fully saturated rings. The quantitative estimate of drug-likeness (QED) is 0.867. The molecule has 0 aliphatic carbocycles. The third-order valence-electron chi connectivity index (χ3n) is 4.10. The first kappa shape index (κ1) is 16.7. The van der Waals surface area contributed by atoms with Crippen molar-refractivity contribution in [2.45, 2.75) is 52.7 Å². The number of rotatable bonds is 2. The molecule has 1 aliphatic rings. The molecule has 0 unspecified atom stereocenters. The van der Waals surface area contributed by atoms with Crippen LogP contribution in [0.25, 0.3) is 11.3 Å². The summed E-state index contributed by atoms with van der Waals surface area (Å²) in [5.74, 6) is 0. The Morgan fingerprint density at radius 1 is 0.909 bits per heavy atom. The SMILES string of the molecule is CC.CC1(C)OB(c2n[nH]nc2-c2ccccc2)OC1(C)C. The average Bonchev–Trinajstić information content (AvgIpc) is 3.05. The Bertz CT molecular complexity index is 595. The van der Waals surface area contributed by atoms with Crippen LogP contribution in [-0.2, 0) is 9.31 Å². The summed E-state index contributed by atoms with van der Waals surface area (Å²) in [6, 6.07) is 9.90. The predicted molar refractivity (Wildman–Crippen MR) is 88.9 cm³/mol. The molecule has 2 heterocycles. The van der Waals surface area contributed by atoms with Crippen LogP contribution in [0.3, 0.4) is 0 Å². The lowest BCUT2D eigenvalue weighted by Crippen LogP contribution is -2.41. The van der Waals surface area contributed by atoms with Gasteiger partial charge in [-0.05, 0) is 27.7 Å². The Morgan fingerprint density at radius 2 is 1.45 bits per heavy atom. The van der Waals surface area contributed by atoms with Crippen LogP contribution in [0.5, 0.6) is 0 Å². The van der Waals surface area contributed by atoms with Gasteiger partial charge in [-0.15, -0.1) is 0 Å². The molecule has 0 radical (unpaired) electrons. The van der Waals surface area contributed by atoms with Gasteiger partial charge in [-0.2, -0.15) is 15.4 Å². The third kappa shape index (κ3) is 2.94. The van der Waals surface area contributed by atoms with Gasteiger partial charge in [0.1, 0.15) is 11.3 Å². The van der Waals surface area contributed by atoms with Crippen LogP contribution in [0.1, 0.15) is 41.5 Å². The molecule has 118 valence electrons. The Balaban J connectivity index is 0.000000847. The van der Waals surface area contributed by atoms with Crippen LogP contribution >= 0.6 is 0 Å². The molecule has 0 saturated carbocycles. The molecule has 1 saturated heterocycles. The molecule has 1 N–H and O–H groups in total. The van der Waals surface area contributed by atoms with Gasteiger partial charge in [0.05, 0.1) is 11.2 Å². The monoisotopic (exact) mass is 301 g/mol. The Labute approximate surface area is 132 Å². The minimum atomic E-state index is -0.506. The van der Waals surface area contributed by atoms with Crippen molar-refractivity contribution in [2.24, 2.45) is 0 Å². The largest absolute Gasteiger partial charge is 0.518 e. The van der Waals surface area contributed by atoms with E-state index in [-0.39, 0.29) is 11.2 Å². The van der Waals surface area contributed by atoms with E-state index in [1.165, 1.54) is 0 Å². The van der Waals surface area contributed by atoms with E-state index in [2.05, 4.69) is 15.4 Å². The van der Waals surface area contributed by atoms with Crippen LogP contribution in [0.4, 0.5) is 0 Å². The number of hydrogen-bond donors (Lipinski definition) is 1. The number of aromatic nitrogens is 3. The number of benzene rings is 1. The van der Waals surface area contributed by atoms with E-state index in [4.69, 9.17) is 9.31 Å². The van der Waals surface area contributed by atoms with E-state index in [1.807, 2.05) is 71.9 Å². The van der Waals surface area contributed by atoms with E-state index in [0.29, 0.717) is 5.59 Å². The third-order valence-corrected chi connectivity index (χ3v) is 4.10. The van der Waals surface area contributed by atoms with Crippen LogP contribution in [-0.4, -0.2) is 33.7 Å². The zero-order valence-electron chi connectivity index (χ0n) is 14.2. The fourth-order valence-electron chi connectivity index (χ4n) is 2.17. The van der Waals surface area contributed by atoms with Gasteiger partial charge in [0.25, 0.3) is 0 Å². The second kappa shape index (κ2) is 6.22. The number of aromatic amines is 1. The first-order valence-corrected chi connectivity index (χ1v) is 7.72. The second-order valence-electron chi connectivity index (χ2n) is 6.01. The molecule has 22 heavy (non-hydrogen) atoms. The Kier molecular flexibility index (Phi) is 4.73. The minimum absolute atomic E-state index is 0.384. The molecule has 3 rings (SSSR count). The van der Waals surface area contributed by atoms with Crippen molar-refractivity contribution >= 4 is 12.7 Å². The number of nitrogens with zero attached hydrogens (tertiary/aromatic N) is 2. The van der Waals surface area contributed by atoms with Gasteiger partial charge in [-0.3, -0.25) is 0 Å². The van der Waals surface area contributed by atoms with Crippen molar-refractivity contribution in [3.63, 3.8) is 0 Å². The average molecular weight is 301 g/mol. The molecule has 2 aromatic rings. The zero-order chi connectivity index (χ0) is 16.4. The molecule has 6 heteroatoms. The van der Waals surface area contributed by atoms with Crippen LogP contribution in [0.2, 0.25) is 0 Å². The van der Waals surface area contributed by atoms with Crippen molar-refractivity contribution < 1.29 is 9.31 Å². The number of H-pyrrole nitrogens is 1. The Morgan fingerprint density at radius 3 is 2.00 bits per heavy atom. The van der Waals surface area contributed by atoms with Gasteiger partial charge >= 0.3 is 7.12 Å². The summed E-state index contributed by atoms with van der Waals surface area (Å²) in [5.41, 5.74) is 1.68. The van der Waals surface area contributed by atoms with Crippen LogP contribution in [0.15, 0.2) is 30.3 Å². The maximum Gasteiger partial charge on any atom is 0.518 e. The molecular weight excluding hydrogens is 277 g/mol. The summed E-state index contributed by atoms with van der Waals surface area (Å²) in [6.45, 7) is 12.1. The summed E-state index contributed by atoms with van der Waals surface area (Å²) in [7, 11) is -0.506. The first-order valence-electron chi connectivity index (χ1n) is 7.72. The van der Waals surface area contributed by atoms with Crippen LogP contribution in [0, 0.1) is 0 Å². The fraction of sp³-hybridized carbons (Fsp3) is 0.500. The summed E-state index contributed by atoms with van der Waals surface area (Å²) in [6.07, 6.45) is 0. The highest BCUT2D eigenvalue weighted by atomic mass is 16.7. The van der Waals surface area contributed by atoms with Crippen molar-refractivity contribution in [3.05, 3.63) is 30.3 Å². The van der Waals surface area contributed by atoms with E-state index < -0.39 is 7.12 Å². The highest BCUT2D eigenvalue weighted by Gasteiger charge is 2.53. The maximum atomic E-state index is 6.03. The van der Waals surface area contributed by atoms with Gasteiger partial charge in [-0.1, -0.05) is 44.2 Å². The lowest BCUT2D eigenvalue weighted by Gasteiger charge is -2.32. The smallest absolute Gasteiger partial charge is 0.398 e. The highest BCUT2D eigenvalue weighted by Crippen LogP contribution is 2.36. The van der Waals surface area contributed by atoms with E-state index in [9.17, 15) is 0 Å². The molecule has 5 nitrogen and oxygen atoms in total. The minimum Gasteiger partial charge on any atom is -0.398 e. The molecule has 0 amide bonds. The van der Waals surface area contributed by atoms with E-state index in [1.54, 1.807) is 0 Å². The van der Waals surface area contributed by atoms with Gasteiger partial charge in [-0.25, -0.2) is 0 Å². The van der Waals surface area contributed by atoms with Crippen molar-refractivity contribution in [3.8, 4) is 11.3 Å². The van der Waals surface area contributed by atoms with Crippen molar-refractivity contribution in [2.75, 3.05) is 0 Å². The maximum absolute atomic E-state index is 6.03. The predicted octanol–water partition coefficient (Wildman–Crippen LogP) is 2.80. The van der Waals surface area contributed by atoms with Gasteiger partial charge < -0.3 is 9.31 Å². The summed E-state index contributed by atoms with van der Waals surface area (Å²) in [5, 5.41) is 11.1. The molecule has 1 aromatic carbocycles. The lowest BCUT2D eigenvalue weighted by atomic mass is 9.82. The lowest BCUT2D eigenvalue weighted by molar-refractivity contribution is 0.00578. The van der Waals surface area contributed by atoms with Gasteiger partial charge in [0.15, 0.2) is 0 Å². The standard InChI is InChI=1S/C14H18BN3O2.C2H6/c1-13(2)14(3,4)20-15(19-13)12-11(16-18-17-12)10-8-6-5-7-9-10;1-2/h5-9H,1-4H3,(H,16,17,18);1-2H3. The normalized spacial score (nSPS) is 18.7. The highest BCUT2D eigenvalue weighted by molar-refractivity contribution is 6.62. The summed E-state index contributed by atoms with van der Waals surface area (Å²) in [4.78, 5) is 0. The van der Waals surface area contributed by atoms with Gasteiger partial charge in [0.2, 0.25) is 0 Å². The first-order chi connectivity index (χ1) is 10.4. The molecule has 0 bridgehead atoms. The molecule has 1 aromatic heterocycles. The zero-order valence-corrected chi connectivity index (χ0v) is 14.2.